The third-order valence-corrected chi connectivity index (χ3v) is 7.42. The Morgan fingerprint density at radius 2 is 1.51 bits per heavy atom. The number of fused-ring (bicyclic) bond motifs is 3. The minimum absolute atomic E-state index is 0. The molecular formula is C39H32IrN2O-2. The van der Waals surface area contributed by atoms with Gasteiger partial charge in [-0.15, -0.1) is 54.1 Å². The molecule has 0 bridgehead atoms. The summed E-state index contributed by atoms with van der Waals surface area (Å²) in [4.78, 5) is 8.68. The number of aryl methyl sites for hydroxylation is 2. The van der Waals surface area contributed by atoms with E-state index in [4.69, 9.17) is 12.6 Å². The zero-order valence-corrected chi connectivity index (χ0v) is 26.1. The van der Waals surface area contributed by atoms with Crippen molar-refractivity contribution in [2.45, 2.75) is 33.0 Å². The van der Waals surface area contributed by atoms with Crippen LogP contribution in [0.3, 0.4) is 0 Å². The van der Waals surface area contributed by atoms with Crippen molar-refractivity contribution in [1.82, 2.24) is 9.97 Å². The summed E-state index contributed by atoms with van der Waals surface area (Å²) in [6.45, 7) is -0.279. The second-order valence-corrected chi connectivity index (χ2v) is 10.5. The Kier molecular flexibility index (Phi) is 6.92. The van der Waals surface area contributed by atoms with Gasteiger partial charge in [0.1, 0.15) is 5.58 Å². The third-order valence-electron chi connectivity index (χ3n) is 7.42. The number of aromatic nitrogens is 2. The molecule has 43 heavy (non-hydrogen) atoms. The molecule has 3 aromatic heterocycles. The Labute approximate surface area is 275 Å². The SMILES string of the molecule is [2H]C([2H])([2H])c1ccc(-c2[c-]cccc2)nc1.[2H]C([2H])([2H])c1cnc(-c2[c-]ccc3c2oc2ccccc23)cc1C(C)(C)c1ccccc1.[Ir]. The second-order valence-electron chi connectivity index (χ2n) is 10.5. The summed E-state index contributed by atoms with van der Waals surface area (Å²) in [6, 6.07) is 40.6. The first-order valence-corrected chi connectivity index (χ1v) is 13.7. The molecule has 0 aliphatic heterocycles. The number of furan rings is 1. The quantitative estimate of drug-likeness (QED) is 0.169. The van der Waals surface area contributed by atoms with E-state index in [9.17, 15) is 0 Å². The van der Waals surface area contributed by atoms with Gasteiger partial charge in [-0.25, -0.2) is 0 Å². The van der Waals surface area contributed by atoms with E-state index < -0.39 is 19.1 Å². The predicted molar refractivity (Wildman–Crippen MR) is 172 cm³/mol. The molecule has 4 aromatic carbocycles. The van der Waals surface area contributed by atoms with Crippen LogP contribution in [0.25, 0.3) is 44.5 Å². The summed E-state index contributed by atoms with van der Waals surface area (Å²) in [7, 11) is 0. The average molecular weight is 743 g/mol. The van der Waals surface area contributed by atoms with E-state index in [0.717, 1.165) is 44.3 Å². The number of nitrogens with zero attached hydrogens (tertiary/aromatic N) is 2. The van der Waals surface area contributed by atoms with E-state index in [0.29, 0.717) is 11.3 Å². The van der Waals surface area contributed by atoms with Crippen LogP contribution in [0, 0.1) is 25.8 Å². The monoisotopic (exact) mass is 743 g/mol. The smallest absolute Gasteiger partial charge is 0.120 e. The maximum absolute atomic E-state index is 8.10. The second kappa shape index (κ2) is 12.9. The normalized spacial score (nSPS) is 13.7. The first kappa shape index (κ1) is 23.1. The number of benzene rings is 4. The van der Waals surface area contributed by atoms with E-state index in [1.54, 1.807) is 18.2 Å². The van der Waals surface area contributed by atoms with Gasteiger partial charge in [-0.1, -0.05) is 91.5 Å². The third kappa shape index (κ3) is 6.22. The van der Waals surface area contributed by atoms with Crippen LogP contribution >= 0.6 is 0 Å². The minimum atomic E-state index is -2.28. The van der Waals surface area contributed by atoms with Gasteiger partial charge < -0.3 is 14.4 Å². The molecule has 0 fully saturated rings. The fourth-order valence-corrected chi connectivity index (χ4v) is 5.11. The van der Waals surface area contributed by atoms with Crippen LogP contribution in [0.4, 0.5) is 0 Å². The van der Waals surface area contributed by atoms with Crippen LogP contribution in [-0.2, 0) is 25.5 Å². The number of rotatable bonds is 4. The van der Waals surface area contributed by atoms with Crippen molar-refractivity contribution in [3.05, 3.63) is 156 Å². The summed E-state index contributed by atoms with van der Waals surface area (Å²) in [5, 5.41) is 2.02. The molecule has 0 atom stereocenters. The molecule has 3 heterocycles. The number of pyridine rings is 2. The van der Waals surface area contributed by atoms with Crippen molar-refractivity contribution in [3.63, 3.8) is 0 Å². The van der Waals surface area contributed by atoms with E-state index in [1.165, 1.54) is 12.4 Å². The van der Waals surface area contributed by atoms with E-state index in [-0.39, 0.29) is 31.2 Å². The zero-order chi connectivity index (χ0) is 34.1. The molecule has 0 unspecified atom stereocenters. The molecular weight excluding hydrogens is 705 g/mol. The average Bonchev–Trinajstić information content (AvgIpc) is 3.47. The van der Waals surface area contributed by atoms with Crippen LogP contribution in [0.15, 0.2) is 126 Å². The van der Waals surface area contributed by atoms with Crippen LogP contribution in [-0.4, -0.2) is 9.97 Å². The van der Waals surface area contributed by atoms with Crippen LogP contribution in [0.1, 0.15) is 44.3 Å². The van der Waals surface area contributed by atoms with Gasteiger partial charge in [-0.3, -0.25) is 0 Å². The molecule has 3 nitrogen and oxygen atoms in total. The summed E-state index contributed by atoms with van der Waals surface area (Å²) in [6.07, 6.45) is 2.88. The topological polar surface area (TPSA) is 38.9 Å². The molecule has 1 radical (unpaired) electrons. The summed E-state index contributed by atoms with van der Waals surface area (Å²) in [5.74, 6) is 0. The number of hydrogen-bond donors (Lipinski definition) is 0. The van der Waals surface area contributed by atoms with Crippen molar-refractivity contribution in [1.29, 1.82) is 0 Å². The van der Waals surface area contributed by atoms with Gasteiger partial charge >= 0.3 is 0 Å². The minimum Gasteiger partial charge on any atom is -0.501 e. The first-order valence-electron chi connectivity index (χ1n) is 16.7. The summed E-state index contributed by atoms with van der Waals surface area (Å²) >= 11 is 0. The van der Waals surface area contributed by atoms with Gasteiger partial charge in [0.15, 0.2) is 0 Å². The molecule has 7 aromatic rings. The van der Waals surface area contributed by atoms with Crippen molar-refractivity contribution >= 4 is 21.9 Å². The Morgan fingerprint density at radius 1 is 0.721 bits per heavy atom. The Bertz CT molecular complexity index is 2180. The largest absolute Gasteiger partial charge is 0.501 e. The summed E-state index contributed by atoms with van der Waals surface area (Å²) < 4.78 is 52.2. The Balaban J connectivity index is 0.000000233. The maximum Gasteiger partial charge on any atom is 0.120 e. The Hall–Kier alpha value is -4.37. The van der Waals surface area contributed by atoms with Crippen LogP contribution < -0.4 is 0 Å². The zero-order valence-electron chi connectivity index (χ0n) is 29.7. The fraction of sp³-hybridized carbons (Fsp3) is 0.128. The van der Waals surface area contributed by atoms with Gasteiger partial charge in [0, 0.05) is 51.5 Å². The van der Waals surface area contributed by atoms with Crippen molar-refractivity contribution in [2.75, 3.05) is 0 Å². The van der Waals surface area contributed by atoms with Gasteiger partial charge in [0.05, 0.1) is 5.58 Å². The van der Waals surface area contributed by atoms with E-state index in [2.05, 4.69) is 22.1 Å². The fourth-order valence-electron chi connectivity index (χ4n) is 5.11. The van der Waals surface area contributed by atoms with E-state index >= 15 is 0 Å². The standard InChI is InChI=1S/C27H22NO.C12H10N.Ir/c1-18-17-28-24(16-23(18)27(2,3)19-10-5-4-6-11-19)22-14-9-13-21-20-12-7-8-15-25(20)29-26(21)22;1-10-7-8-12(13-9-10)11-5-3-2-4-6-11;/h4-13,15-17H,1-3H3;2-5,7-9H,1H3;/q2*-1;/i2*1D3;. The van der Waals surface area contributed by atoms with Crippen molar-refractivity contribution < 1.29 is 32.7 Å². The molecule has 0 amide bonds. The van der Waals surface area contributed by atoms with Gasteiger partial charge in [0.2, 0.25) is 0 Å². The molecule has 4 heteroatoms. The first-order chi connectivity index (χ1) is 22.8. The van der Waals surface area contributed by atoms with Crippen molar-refractivity contribution in [3.8, 4) is 22.5 Å². The molecule has 0 spiro atoms. The van der Waals surface area contributed by atoms with Crippen LogP contribution in [0.2, 0.25) is 0 Å². The molecule has 215 valence electrons. The van der Waals surface area contributed by atoms with Crippen LogP contribution in [0.5, 0.6) is 0 Å². The predicted octanol–water partition coefficient (Wildman–Crippen LogP) is 9.94. The van der Waals surface area contributed by atoms with Gasteiger partial charge in [-0.05, 0) is 53.4 Å². The molecule has 0 N–H and O–H groups in total. The summed E-state index contributed by atoms with van der Waals surface area (Å²) in [5.41, 5.74) is 6.18. The maximum atomic E-state index is 8.10. The van der Waals surface area contributed by atoms with Gasteiger partial charge in [0.25, 0.3) is 0 Å². The molecule has 0 saturated carbocycles. The number of hydrogen-bond acceptors (Lipinski definition) is 3. The number of para-hydroxylation sites is 1. The van der Waals surface area contributed by atoms with Gasteiger partial charge in [-0.2, -0.15) is 0 Å². The molecule has 0 saturated heterocycles. The Morgan fingerprint density at radius 3 is 2.26 bits per heavy atom. The molecule has 0 aliphatic rings. The van der Waals surface area contributed by atoms with Crippen molar-refractivity contribution in [2.24, 2.45) is 0 Å². The molecule has 7 rings (SSSR count). The molecule has 0 aliphatic carbocycles. The van der Waals surface area contributed by atoms with E-state index in [1.807, 2.05) is 105 Å².